The van der Waals surface area contributed by atoms with Crippen molar-refractivity contribution in [1.29, 1.82) is 0 Å². The minimum atomic E-state index is -0.104. The van der Waals surface area contributed by atoms with Crippen LogP contribution >= 0.6 is 0 Å². The van der Waals surface area contributed by atoms with Crippen LogP contribution in [0.25, 0.3) is 0 Å². The summed E-state index contributed by atoms with van der Waals surface area (Å²) in [5.41, 5.74) is 2.98. The van der Waals surface area contributed by atoms with Gasteiger partial charge >= 0.3 is 0 Å². The van der Waals surface area contributed by atoms with E-state index in [1.807, 2.05) is 32.0 Å². The molecule has 0 bridgehead atoms. The maximum Gasteiger partial charge on any atom is 0.246 e. The zero-order valence-corrected chi connectivity index (χ0v) is 9.84. The Balaban J connectivity index is 2.08. The first kappa shape index (κ1) is 11.3. The van der Waals surface area contributed by atoms with Gasteiger partial charge in [0.25, 0.3) is 0 Å². The van der Waals surface area contributed by atoms with Gasteiger partial charge in [-0.15, -0.1) is 0 Å². The molecule has 0 aliphatic carbocycles. The fraction of sp³-hybridized carbons (Fsp3) is 0.250. The Labute approximate surface area is 99.5 Å². The Kier molecular flexibility index (Phi) is 3.18. The Morgan fingerprint density at radius 3 is 2.65 bits per heavy atom. The molecule has 1 aromatic carbocycles. The Bertz CT molecular complexity index is 499. The molecule has 2 aromatic rings. The molecule has 5 heteroatoms. The van der Waals surface area contributed by atoms with Gasteiger partial charge in [-0.25, -0.2) is 9.67 Å². The molecule has 0 aliphatic heterocycles. The van der Waals surface area contributed by atoms with Crippen molar-refractivity contribution in [3.8, 4) is 0 Å². The molecule has 0 fully saturated rings. The minimum Gasteiger partial charge on any atom is -0.324 e. The van der Waals surface area contributed by atoms with Crippen molar-refractivity contribution in [3.05, 3.63) is 42.0 Å². The lowest BCUT2D eigenvalue weighted by molar-refractivity contribution is -0.116. The van der Waals surface area contributed by atoms with Gasteiger partial charge in [0.15, 0.2) is 0 Å². The van der Waals surface area contributed by atoms with Crippen molar-refractivity contribution in [1.82, 2.24) is 14.8 Å². The highest BCUT2D eigenvalue weighted by molar-refractivity contribution is 5.92. The maximum atomic E-state index is 11.8. The summed E-state index contributed by atoms with van der Waals surface area (Å²) in [6.07, 6.45) is 2.93. The van der Waals surface area contributed by atoms with Gasteiger partial charge in [0, 0.05) is 5.69 Å². The van der Waals surface area contributed by atoms with Gasteiger partial charge in [-0.05, 0) is 25.0 Å². The third kappa shape index (κ3) is 2.69. The normalized spacial score (nSPS) is 10.2. The number of amides is 1. The second kappa shape index (κ2) is 4.78. The van der Waals surface area contributed by atoms with E-state index in [1.54, 1.807) is 0 Å². The van der Waals surface area contributed by atoms with Crippen molar-refractivity contribution in [2.45, 2.75) is 20.4 Å². The van der Waals surface area contributed by atoms with Gasteiger partial charge in [-0.2, -0.15) is 5.10 Å². The fourth-order valence-corrected chi connectivity index (χ4v) is 1.65. The SMILES string of the molecule is Cc1cccc(C)c1NC(=O)Cn1cncn1. The van der Waals surface area contributed by atoms with E-state index in [0.29, 0.717) is 0 Å². The third-order valence-electron chi connectivity index (χ3n) is 2.52. The monoisotopic (exact) mass is 230 g/mol. The molecule has 0 saturated heterocycles. The average Bonchev–Trinajstić information content (AvgIpc) is 2.76. The molecule has 0 radical (unpaired) electrons. The van der Waals surface area contributed by atoms with E-state index in [9.17, 15) is 4.79 Å². The lowest BCUT2D eigenvalue weighted by Crippen LogP contribution is -2.20. The van der Waals surface area contributed by atoms with Crippen molar-refractivity contribution in [3.63, 3.8) is 0 Å². The summed E-state index contributed by atoms with van der Waals surface area (Å²) in [7, 11) is 0. The lowest BCUT2D eigenvalue weighted by Gasteiger charge is -2.11. The number of nitrogens with zero attached hydrogens (tertiary/aromatic N) is 3. The minimum absolute atomic E-state index is 0.104. The fourth-order valence-electron chi connectivity index (χ4n) is 1.65. The zero-order chi connectivity index (χ0) is 12.3. The van der Waals surface area contributed by atoms with E-state index in [1.165, 1.54) is 17.3 Å². The standard InChI is InChI=1S/C12H14N4O/c1-9-4-3-5-10(2)12(9)15-11(17)6-16-8-13-7-14-16/h3-5,7-8H,6H2,1-2H3,(H,15,17). The number of benzene rings is 1. The van der Waals surface area contributed by atoms with Gasteiger partial charge in [-0.3, -0.25) is 4.79 Å². The second-order valence-corrected chi connectivity index (χ2v) is 3.91. The topological polar surface area (TPSA) is 59.8 Å². The van der Waals surface area contributed by atoms with E-state index in [2.05, 4.69) is 15.4 Å². The number of aryl methyl sites for hydroxylation is 2. The molecule has 0 saturated carbocycles. The molecule has 1 N–H and O–H groups in total. The highest BCUT2D eigenvalue weighted by Gasteiger charge is 2.07. The molecule has 0 atom stereocenters. The van der Waals surface area contributed by atoms with Crippen LogP contribution in [0.1, 0.15) is 11.1 Å². The van der Waals surface area contributed by atoms with Crippen LogP contribution in [-0.2, 0) is 11.3 Å². The van der Waals surface area contributed by atoms with E-state index < -0.39 is 0 Å². The second-order valence-electron chi connectivity index (χ2n) is 3.91. The number of carbonyl (C=O) groups is 1. The highest BCUT2D eigenvalue weighted by Crippen LogP contribution is 2.19. The number of carbonyl (C=O) groups excluding carboxylic acids is 1. The summed E-state index contributed by atoms with van der Waals surface area (Å²) >= 11 is 0. The number of hydrogen-bond acceptors (Lipinski definition) is 3. The van der Waals surface area contributed by atoms with E-state index in [4.69, 9.17) is 0 Å². The molecule has 1 amide bonds. The van der Waals surface area contributed by atoms with Crippen LogP contribution in [0.15, 0.2) is 30.9 Å². The molecule has 0 aliphatic rings. The number of nitrogens with one attached hydrogen (secondary N) is 1. The number of anilines is 1. The summed E-state index contributed by atoms with van der Waals surface area (Å²) < 4.78 is 1.49. The van der Waals surface area contributed by atoms with Crippen LogP contribution in [0.3, 0.4) is 0 Å². The van der Waals surface area contributed by atoms with E-state index >= 15 is 0 Å². The molecule has 2 rings (SSSR count). The maximum absolute atomic E-state index is 11.8. The van der Waals surface area contributed by atoms with E-state index in [0.717, 1.165) is 16.8 Å². The number of hydrogen-bond donors (Lipinski definition) is 1. The molecule has 88 valence electrons. The van der Waals surface area contributed by atoms with Crippen molar-refractivity contribution < 1.29 is 4.79 Å². The summed E-state index contributed by atoms with van der Waals surface area (Å²) in [5, 5.41) is 6.78. The Morgan fingerprint density at radius 2 is 2.06 bits per heavy atom. The smallest absolute Gasteiger partial charge is 0.246 e. The summed E-state index contributed by atoms with van der Waals surface area (Å²) in [6, 6.07) is 5.91. The highest BCUT2D eigenvalue weighted by atomic mass is 16.2. The average molecular weight is 230 g/mol. The number of aromatic nitrogens is 3. The van der Waals surface area contributed by atoms with E-state index in [-0.39, 0.29) is 12.5 Å². The van der Waals surface area contributed by atoms with Gasteiger partial charge in [0.2, 0.25) is 5.91 Å². The van der Waals surface area contributed by atoms with Crippen LogP contribution in [0.2, 0.25) is 0 Å². The number of rotatable bonds is 3. The Hall–Kier alpha value is -2.17. The third-order valence-corrected chi connectivity index (χ3v) is 2.52. The first-order chi connectivity index (χ1) is 8.16. The summed E-state index contributed by atoms with van der Waals surface area (Å²) in [4.78, 5) is 15.6. The van der Waals surface area contributed by atoms with Crippen LogP contribution in [0, 0.1) is 13.8 Å². The molecule has 0 unspecified atom stereocenters. The van der Waals surface area contributed by atoms with Gasteiger partial charge < -0.3 is 5.32 Å². The molecule has 1 heterocycles. The molecular weight excluding hydrogens is 216 g/mol. The van der Waals surface area contributed by atoms with Crippen LogP contribution in [0.4, 0.5) is 5.69 Å². The molecule has 5 nitrogen and oxygen atoms in total. The predicted octanol–water partition coefficient (Wildman–Crippen LogP) is 1.53. The van der Waals surface area contributed by atoms with Crippen molar-refractivity contribution in [2.24, 2.45) is 0 Å². The molecule has 17 heavy (non-hydrogen) atoms. The van der Waals surface area contributed by atoms with Crippen LogP contribution < -0.4 is 5.32 Å². The quantitative estimate of drug-likeness (QED) is 0.870. The summed E-state index contributed by atoms with van der Waals surface area (Å²) in [6.45, 7) is 4.12. The molecule has 0 spiro atoms. The number of para-hydroxylation sites is 1. The molecular formula is C12H14N4O. The van der Waals surface area contributed by atoms with Gasteiger partial charge in [-0.1, -0.05) is 18.2 Å². The zero-order valence-electron chi connectivity index (χ0n) is 9.84. The first-order valence-electron chi connectivity index (χ1n) is 5.35. The lowest BCUT2D eigenvalue weighted by atomic mass is 10.1. The van der Waals surface area contributed by atoms with Crippen molar-refractivity contribution >= 4 is 11.6 Å². The van der Waals surface area contributed by atoms with Crippen molar-refractivity contribution in [2.75, 3.05) is 5.32 Å². The summed E-state index contributed by atoms with van der Waals surface area (Å²) in [5.74, 6) is -0.104. The van der Waals surface area contributed by atoms with Gasteiger partial charge in [0.1, 0.15) is 19.2 Å². The van der Waals surface area contributed by atoms with Crippen LogP contribution in [0.5, 0.6) is 0 Å². The van der Waals surface area contributed by atoms with Gasteiger partial charge in [0.05, 0.1) is 0 Å². The largest absolute Gasteiger partial charge is 0.324 e. The first-order valence-corrected chi connectivity index (χ1v) is 5.35. The molecule has 1 aromatic heterocycles. The van der Waals surface area contributed by atoms with Crippen LogP contribution in [-0.4, -0.2) is 20.7 Å². The Morgan fingerprint density at radius 1 is 1.35 bits per heavy atom. The predicted molar refractivity (Wildman–Crippen MR) is 64.6 cm³/mol.